The lowest BCUT2D eigenvalue weighted by atomic mass is 9.72. The Bertz CT molecular complexity index is 1950. The van der Waals surface area contributed by atoms with Crippen LogP contribution in [0.25, 0.3) is 16.6 Å². The van der Waals surface area contributed by atoms with Gasteiger partial charge in [0, 0.05) is 37.2 Å². The summed E-state index contributed by atoms with van der Waals surface area (Å²) in [6, 6.07) is 21.5. The lowest BCUT2D eigenvalue weighted by molar-refractivity contribution is -0.0183. The molecule has 1 saturated carbocycles. The number of aromatic nitrogens is 3. The summed E-state index contributed by atoms with van der Waals surface area (Å²) in [6.45, 7) is 2.52. The van der Waals surface area contributed by atoms with Gasteiger partial charge in [-0.15, -0.1) is 0 Å². The van der Waals surface area contributed by atoms with Crippen molar-refractivity contribution in [3.05, 3.63) is 120 Å². The highest BCUT2D eigenvalue weighted by Gasteiger charge is 2.62. The van der Waals surface area contributed by atoms with Crippen molar-refractivity contribution in [1.82, 2.24) is 19.1 Å². The zero-order valence-corrected chi connectivity index (χ0v) is 24.6. The van der Waals surface area contributed by atoms with Gasteiger partial charge < -0.3 is 4.74 Å². The number of hydrogen-bond donors (Lipinski definition) is 0. The molecule has 0 N–H and O–H groups in total. The number of rotatable bonds is 6. The van der Waals surface area contributed by atoms with E-state index in [0.29, 0.717) is 12.8 Å². The van der Waals surface area contributed by atoms with E-state index in [9.17, 15) is 17.2 Å². The van der Waals surface area contributed by atoms with Crippen LogP contribution >= 0.6 is 0 Å². The summed E-state index contributed by atoms with van der Waals surface area (Å²) in [7, 11) is -2.29. The second-order valence-corrected chi connectivity index (χ2v) is 13.6. The minimum Gasteiger partial charge on any atom is -0.373 e. The van der Waals surface area contributed by atoms with Gasteiger partial charge in [0.15, 0.2) is 0 Å². The Morgan fingerprint density at radius 3 is 2.44 bits per heavy atom. The molecule has 2 aromatic heterocycles. The van der Waals surface area contributed by atoms with E-state index >= 15 is 0 Å². The highest BCUT2D eigenvalue weighted by molar-refractivity contribution is 7.89. The molecule has 0 amide bonds. The maximum atomic E-state index is 14.0. The van der Waals surface area contributed by atoms with Crippen LogP contribution in [0, 0.1) is 24.5 Å². The van der Waals surface area contributed by atoms with Crippen LogP contribution in [-0.2, 0) is 25.8 Å². The highest BCUT2D eigenvalue weighted by atomic mass is 32.2. The van der Waals surface area contributed by atoms with E-state index in [1.54, 1.807) is 30.1 Å². The molecule has 220 valence electrons. The highest BCUT2D eigenvalue weighted by Crippen LogP contribution is 2.60. The predicted molar refractivity (Wildman–Crippen MR) is 158 cm³/mol. The van der Waals surface area contributed by atoms with Crippen LogP contribution in [0.4, 0.5) is 8.78 Å². The SMILES string of the molecule is COC1(c2ccccc2)CC2CN(S(=O)(=O)c3cncc(F)c3)CC2(c2cc3cnn(-c4ccc(F)cc4)c3cc2C)C1. The Balaban J connectivity index is 1.36. The van der Waals surface area contributed by atoms with E-state index in [-0.39, 0.29) is 29.7 Å². The molecule has 3 aromatic carbocycles. The summed E-state index contributed by atoms with van der Waals surface area (Å²) in [4.78, 5) is 3.64. The van der Waals surface area contributed by atoms with Gasteiger partial charge in [-0.1, -0.05) is 30.3 Å². The van der Waals surface area contributed by atoms with Crippen molar-refractivity contribution >= 4 is 20.9 Å². The molecule has 1 aliphatic heterocycles. The number of methoxy groups -OCH3 is 1. The smallest absolute Gasteiger partial charge is 0.244 e. The van der Waals surface area contributed by atoms with Gasteiger partial charge in [-0.05, 0) is 84.8 Å². The molecule has 3 heterocycles. The predicted octanol–water partition coefficient (Wildman–Crippen LogP) is 5.90. The van der Waals surface area contributed by atoms with Crippen molar-refractivity contribution in [2.45, 2.75) is 35.7 Å². The van der Waals surface area contributed by atoms with Crippen molar-refractivity contribution < 1.29 is 21.9 Å². The Hall–Kier alpha value is -3.99. The second kappa shape index (κ2) is 10.0. The lowest BCUT2D eigenvalue weighted by Gasteiger charge is -2.35. The summed E-state index contributed by atoms with van der Waals surface area (Å²) in [5.41, 5.74) is 3.50. The molecular formula is C33H30F2N4O3S. The topological polar surface area (TPSA) is 77.3 Å². The van der Waals surface area contributed by atoms with E-state index in [2.05, 4.69) is 34.3 Å². The molecule has 3 atom stereocenters. The first kappa shape index (κ1) is 27.8. The molecule has 1 saturated heterocycles. The number of fused-ring (bicyclic) bond motifs is 2. The number of aryl methyl sites for hydroxylation is 1. The monoisotopic (exact) mass is 600 g/mol. The van der Waals surface area contributed by atoms with Crippen molar-refractivity contribution in [2.24, 2.45) is 5.92 Å². The molecule has 0 radical (unpaired) electrons. The third kappa shape index (κ3) is 4.39. The first-order valence-electron chi connectivity index (χ1n) is 14.1. The average molecular weight is 601 g/mol. The number of benzene rings is 3. The van der Waals surface area contributed by atoms with Crippen molar-refractivity contribution in [3.8, 4) is 5.69 Å². The number of nitrogens with zero attached hydrogens (tertiary/aromatic N) is 4. The number of ether oxygens (including phenoxy) is 1. The van der Waals surface area contributed by atoms with E-state index in [4.69, 9.17) is 4.74 Å². The molecule has 7 nitrogen and oxygen atoms in total. The van der Waals surface area contributed by atoms with Crippen LogP contribution in [0.15, 0.2) is 96.3 Å². The molecule has 2 fully saturated rings. The number of pyridine rings is 1. The van der Waals surface area contributed by atoms with Crippen LogP contribution in [-0.4, -0.2) is 47.7 Å². The van der Waals surface area contributed by atoms with E-state index < -0.39 is 26.9 Å². The Morgan fingerprint density at radius 1 is 0.953 bits per heavy atom. The molecule has 5 aromatic rings. The quantitative estimate of drug-likeness (QED) is 0.243. The molecule has 2 aliphatic rings. The third-order valence-electron chi connectivity index (χ3n) is 9.37. The summed E-state index contributed by atoms with van der Waals surface area (Å²) in [6.07, 6.45) is 5.16. The zero-order chi connectivity index (χ0) is 30.0. The molecule has 10 heteroatoms. The van der Waals surface area contributed by atoms with Gasteiger partial charge >= 0.3 is 0 Å². The molecular weight excluding hydrogens is 570 g/mol. The van der Waals surface area contributed by atoms with Gasteiger partial charge in [0.2, 0.25) is 10.0 Å². The van der Waals surface area contributed by atoms with Crippen LogP contribution in [0.2, 0.25) is 0 Å². The number of halogens is 2. The van der Waals surface area contributed by atoms with E-state index in [1.807, 2.05) is 25.1 Å². The molecule has 7 rings (SSSR count). The Morgan fingerprint density at radius 2 is 1.72 bits per heavy atom. The molecule has 3 unspecified atom stereocenters. The molecule has 0 bridgehead atoms. The first-order valence-corrected chi connectivity index (χ1v) is 15.6. The van der Waals surface area contributed by atoms with Crippen molar-refractivity contribution in [3.63, 3.8) is 0 Å². The molecule has 1 aliphatic carbocycles. The summed E-state index contributed by atoms with van der Waals surface area (Å²) in [5.74, 6) is -1.09. The fourth-order valence-corrected chi connectivity index (χ4v) is 8.90. The normalized spacial score (nSPS) is 24.0. The number of hydrogen-bond acceptors (Lipinski definition) is 5. The maximum Gasteiger partial charge on any atom is 0.244 e. The van der Waals surface area contributed by atoms with Crippen LogP contribution < -0.4 is 0 Å². The molecule has 43 heavy (non-hydrogen) atoms. The average Bonchev–Trinajstić information content (AvgIpc) is 3.67. The largest absolute Gasteiger partial charge is 0.373 e. The minimum atomic E-state index is -4.01. The van der Waals surface area contributed by atoms with Gasteiger partial charge in [0.1, 0.15) is 16.5 Å². The van der Waals surface area contributed by atoms with Crippen LogP contribution in [0.3, 0.4) is 0 Å². The van der Waals surface area contributed by atoms with Gasteiger partial charge in [-0.25, -0.2) is 21.9 Å². The zero-order valence-electron chi connectivity index (χ0n) is 23.7. The Labute approximate surface area is 248 Å². The maximum absolute atomic E-state index is 14.0. The standard InChI is InChI=1S/C33H30F2N4O3S/c1-22-12-31-23(16-37-39(31)28-10-8-26(34)9-11-28)13-30(22)32-20-33(42-2,24-6-4-3-5-7-24)15-25(32)19-38(21-32)43(40,41)29-14-27(35)17-36-18-29/h3-14,16-18,25H,15,19-21H2,1-2H3. The fraction of sp³-hybridized carbons (Fsp3) is 0.273. The van der Waals surface area contributed by atoms with Gasteiger partial charge in [0.05, 0.1) is 29.2 Å². The van der Waals surface area contributed by atoms with E-state index in [1.165, 1.54) is 22.6 Å². The lowest BCUT2D eigenvalue weighted by Crippen LogP contribution is -2.38. The van der Waals surface area contributed by atoms with Crippen molar-refractivity contribution in [2.75, 3.05) is 20.2 Å². The number of sulfonamides is 1. The van der Waals surface area contributed by atoms with Gasteiger partial charge in [-0.2, -0.15) is 9.40 Å². The van der Waals surface area contributed by atoms with E-state index in [0.717, 1.165) is 45.5 Å². The van der Waals surface area contributed by atoms with Gasteiger partial charge in [-0.3, -0.25) is 4.98 Å². The third-order valence-corrected chi connectivity index (χ3v) is 11.1. The second-order valence-electron chi connectivity index (χ2n) is 11.7. The first-order chi connectivity index (χ1) is 20.6. The minimum absolute atomic E-state index is 0.0766. The van der Waals surface area contributed by atoms with Crippen LogP contribution in [0.5, 0.6) is 0 Å². The summed E-state index contributed by atoms with van der Waals surface area (Å²) in [5, 5.41) is 5.49. The summed E-state index contributed by atoms with van der Waals surface area (Å²) >= 11 is 0. The van der Waals surface area contributed by atoms with Gasteiger partial charge in [0.25, 0.3) is 0 Å². The van der Waals surface area contributed by atoms with Crippen molar-refractivity contribution in [1.29, 1.82) is 0 Å². The Kier molecular flexibility index (Phi) is 6.50. The fourth-order valence-electron chi connectivity index (χ4n) is 7.37. The summed E-state index contributed by atoms with van der Waals surface area (Å²) < 4.78 is 64.9. The van der Waals surface area contributed by atoms with Crippen LogP contribution in [0.1, 0.15) is 29.5 Å². The molecule has 0 spiro atoms.